The Kier molecular flexibility index (Phi) is 10.5. The van der Waals surface area contributed by atoms with E-state index in [1.807, 2.05) is 85.8 Å². The molecular weight excluding hydrogens is 639 g/mol. The van der Waals surface area contributed by atoms with Gasteiger partial charge in [-0.3, -0.25) is 14.4 Å². The molecule has 4 aromatic rings. The third-order valence-electron chi connectivity index (χ3n) is 9.65. The largest absolute Gasteiger partial charge is 0.369 e. The predicted molar refractivity (Wildman–Crippen MR) is 192 cm³/mol. The Morgan fingerprint density at radius 1 is 0.939 bits per heavy atom. The molecule has 3 atom stereocenters. The zero-order chi connectivity index (χ0) is 34.5. The maximum absolute atomic E-state index is 14.7. The third kappa shape index (κ3) is 7.60. The van der Waals surface area contributed by atoms with E-state index in [9.17, 15) is 18.8 Å². The average molecular weight is 679 g/mol. The molecule has 0 saturated heterocycles. The summed E-state index contributed by atoms with van der Waals surface area (Å²) in [4.78, 5) is 48.1. The van der Waals surface area contributed by atoms with Crippen LogP contribution in [-0.2, 0) is 20.9 Å². The third-order valence-corrected chi connectivity index (χ3v) is 9.94. The van der Waals surface area contributed by atoms with Gasteiger partial charge in [0.25, 0.3) is 5.91 Å². The van der Waals surface area contributed by atoms with E-state index < -0.39 is 35.6 Å². The predicted octanol–water partition coefficient (Wildman–Crippen LogP) is 7.68. The molecule has 1 fully saturated rings. The van der Waals surface area contributed by atoms with Gasteiger partial charge >= 0.3 is 0 Å². The Balaban J connectivity index is 1.39. The number of rotatable bonds is 12. The molecule has 3 amide bonds. The van der Waals surface area contributed by atoms with E-state index in [1.54, 1.807) is 17.0 Å². The van der Waals surface area contributed by atoms with Gasteiger partial charge in [0.1, 0.15) is 5.82 Å². The lowest BCUT2D eigenvalue weighted by Crippen LogP contribution is -2.51. The van der Waals surface area contributed by atoms with Crippen LogP contribution in [-0.4, -0.2) is 29.6 Å². The van der Waals surface area contributed by atoms with Crippen molar-refractivity contribution in [3.05, 3.63) is 125 Å². The fourth-order valence-electron chi connectivity index (χ4n) is 6.86. The van der Waals surface area contributed by atoms with Crippen LogP contribution in [0.3, 0.4) is 0 Å². The topological polar surface area (TPSA) is 105 Å². The number of anilines is 1. The first-order valence-corrected chi connectivity index (χ1v) is 17.3. The van der Waals surface area contributed by atoms with Crippen molar-refractivity contribution in [2.45, 2.75) is 58.2 Å². The molecule has 0 radical (unpaired) electrons. The molecule has 1 heterocycles. The normalized spacial score (nSPS) is 17.3. The van der Waals surface area contributed by atoms with Crippen molar-refractivity contribution < 1.29 is 18.8 Å². The molecule has 1 aliphatic heterocycles. The second kappa shape index (κ2) is 15.2. The monoisotopic (exact) mass is 678 g/mol. The zero-order valence-corrected chi connectivity index (χ0v) is 28.2. The smallest absolute Gasteiger partial charge is 0.272 e. The summed E-state index contributed by atoms with van der Waals surface area (Å²) in [6.07, 6.45) is 3.59. The molecule has 1 saturated carbocycles. The number of para-hydroxylation sites is 1. The SMILES string of the molecule is CCCC(C(N)=O)C(CC1CCC1)C(=O)NC1N=C(c2ccccc2)c2ccccc2N(Cc2cccc(-c3ccc(F)c(Cl)c3)c2)C1=O. The molecule has 7 nitrogen and oxygen atoms in total. The number of amides is 3. The Morgan fingerprint density at radius 2 is 1.65 bits per heavy atom. The first-order chi connectivity index (χ1) is 23.7. The number of halogens is 2. The van der Waals surface area contributed by atoms with Gasteiger partial charge in [-0.1, -0.05) is 117 Å². The highest BCUT2D eigenvalue weighted by atomic mass is 35.5. The van der Waals surface area contributed by atoms with Gasteiger partial charge in [-0.2, -0.15) is 0 Å². The minimum Gasteiger partial charge on any atom is -0.369 e. The molecule has 2 aliphatic rings. The van der Waals surface area contributed by atoms with Gasteiger partial charge in [0.2, 0.25) is 18.0 Å². The first-order valence-electron chi connectivity index (χ1n) is 16.9. The molecule has 3 unspecified atom stereocenters. The number of fused-ring (bicyclic) bond motifs is 1. The standard InChI is InChI=1S/C40H40ClFN4O3/c1-2-10-30(37(43)47)32(22-25-11-8-12-25)39(48)45-38-40(49)46(24-26-13-9-16-28(21-26)29-19-20-34(42)33(41)23-29)35-18-7-6-17-31(35)36(44-38)27-14-4-3-5-15-27/h3-7,9,13-21,23,25,30,32,38H,2,8,10-12,22,24H2,1H3,(H2,43,47)(H,45,48). The average Bonchev–Trinajstić information content (AvgIpc) is 3.19. The number of carbonyl (C=O) groups excluding carboxylic acids is 3. The van der Waals surface area contributed by atoms with E-state index in [0.717, 1.165) is 47.1 Å². The maximum Gasteiger partial charge on any atom is 0.272 e. The maximum atomic E-state index is 14.7. The fraction of sp³-hybridized carbons (Fsp3) is 0.300. The highest BCUT2D eigenvalue weighted by Gasteiger charge is 2.39. The lowest BCUT2D eigenvalue weighted by Gasteiger charge is -2.33. The summed E-state index contributed by atoms with van der Waals surface area (Å²) in [5.41, 5.74) is 11.0. The number of aliphatic imine (C=N–C) groups is 1. The van der Waals surface area contributed by atoms with Crippen molar-refractivity contribution in [2.75, 3.05) is 4.90 Å². The molecule has 1 aliphatic carbocycles. The van der Waals surface area contributed by atoms with Crippen molar-refractivity contribution in [2.24, 2.45) is 28.5 Å². The number of benzodiazepines with no additional fused rings is 1. The van der Waals surface area contributed by atoms with Crippen molar-refractivity contribution >= 4 is 40.7 Å². The van der Waals surface area contributed by atoms with Crippen LogP contribution in [0.1, 0.15) is 62.1 Å². The number of primary amides is 1. The Morgan fingerprint density at radius 3 is 2.35 bits per heavy atom. The summed E-state index contributed by atoms with van der Waals surface area (Å²) in [5, 5.41) is 3.00. The zero-order valence-electron chi connectivity index (χ0n) is 27.4. The van der Waals surface area contributed by atoms with E-state index >= 15 is 0 Å². The number of nitrogens with one attached hydrogen (secondary N) is 1. The Hall–Kier alpha value is -4.82. The van der Waals surface area contributed by atoms with Crippen LogP contribution in [0.4, 0.5) is 10.1 Å². The van der Waals surface area contributed by atoms with Crippen molar-refractivity contribution in [1.29, 1.82) is 0 Å². The summed E-state index contributed by atoms with van der Waals surface area (Å²) in [6, 6.07) is 29.3. The summed E-state index contributed by atoms with van der Waals surface area (Å²) in [6.45, 7) is 2.14. The summed E-state index contributed by atoms with van der Waals surface area (Å²) < 4.78 is 13.9. The van der Waals surface area contributed by atoms with Crippen LogP contribution in [0.2, 0.25) is 5.02 Å². The molecule has 49 heavy (non-hydrogen) atoms. The number of hydrogen-bond donors (Lipinski definition) is 2. The Bertz CT molecular complexity index is 1880. The van der Waals surface area contributed by atoms with Crippen LogP contribution >= 0.6 is 11.6 Å². The minimum atomic E-state index is -1.26. The first kappa shape index (κ1) is 34.1. The quantitative estimate of drug-likeness (QED) is 0.161. The molecule has 252 valence electrons. The van der Waals surface area contributed by atoms with Crippen molar-refractivity contribution in [1.82, 2.24) is 5.32 Å². The molecular formula is C40H40ClFN4O3. The molecule has 0 aromatic heterocycles. The van der Waals surface area contributed by atoms with Gasteiger partial charge < -0.3 is 16.0 Å². The number of hydrogen-bond acceptors (Lipinski definition) is 4. The van der Waals surface area contributed by atoms with Gasteiger partial charge in [0.05, 0.1) is 23.0 Å². The van der Waals surface area contributed by atoms with E-state index in [2.05, 4.69) is 5.32 Å². The van der Waals surface area contributed by atoms with Gasteiger partial charge in [-0.15, -0.1) is 0 Å². The van der Waals surface area contributed by atoms with Crippen LogP contribution < -0.4 is 16.0 Å². The second-order valence-electron chi connectivity index (χ2n) is 13.0. The highest BCUT2D eigenvalue weighted by molar-refractivity contribution is 6.31. The number of benzene rings is 4. The molecule has 3 N–H and O–H groups in total. The van der Waals surface area contributed by atoms with E-state index in [0.29, 0.717) is 36.6 Å². The summed E-state index contributed by atoms with van der Waals surface area (Å²) in [5.74, 6) is -2.76. The molecule has 4 aromatic carbocycles. The van der Waals surface area contributed by atoms with E-state index in [-0.39, 0.29) is 17.5 Å². The molecule has 9 heteroatoms. The molecule has 6 rings (SSSR count). The van der Waals surface area contributed by atoms with Crippen molar-refractivity contribution in [3.8, 4) is 11.1 Å². The van der Waals surface area contributed by atoms with Crippen LogP contribution in [0.5, 0.6) is 0 Å². The fourth-order valence-corrected chi connectivity index (χ4v) is 7.04. The van der Waals surface area contributed by atoms with E-state index in [4.69, 9.17) is 22.3 Å². The lowest BCUT2D eigenvalue weighted by atomic mass is 9.74. The summed E-state index contributed by atoms with van der Waals surface area (Å²) in [7, 11) is 0. The number of nitrogens with two attached hydrogens (primary N) is 1. The van der Waals surface area contributed by atoms with Crippen LogP contribution in [0.15, 0.2) is 102 Å². The second-order valence-corrected chi connectivity index (χ2v) is 13.4. The van der Waals surface area contributed by atoms with E-state index in [1.165, 1.54) is 6.07 Å². The van der Waals surface area contributed by atoms with Crippen LogP contribution in [0.25, 0.3) is 11.1 Å². The van der Waals surface area contributed by atoms with Gasteiger partial charge in [-0.25, -0.2) is 9.38 Å². The lowest BCUT2D eigenvalue weighted by molar-refractivity contribution is -0.136. The van der Waals surface area contributed by atoms with Gasteiger partial charge in [0, 0.05) is 23.0 Å². The molecule has 0 bridgehead atoms. The summed E-state index contributed by atoms with van der Waals surface area (Å²) >= 11 is 6.09. The minimum absolute atomic E-state index is 0.0248. The Labute approximate surface area is 291 Å². The molecule has 0 spiro atoms. The van der Waals surface area contributed by atoms with Gasteiger partial charge in [0.15, 0.2) is 0 Å². The number of carbonyl (C=O) groups is 3. The number of nitrogens with zero attached hydrogens (tertiary/aromatic N) is 2. The van der Waals surface area contributed by atoms with Crippen LogP contribution in [0, 0.1) is 23.6 Å². The van der Waals surface area contributed by atoms with Gasteiger partial charge in [-0.05, 0) is 59.7 Å². The van der Waals surface area contributed by atoms with Crippen molar-refractivity contribution in [3.63, 3.8) is 0 Å². The highest BCUT2D eigenvalue weighted by Crippen LogP contribution is 2.37.